The summed E-state index contributed by atoms with van der Waals surface area (Å²) in [6.45, 7) is 1.51. The minimum atomic E-state index is -0.216. The molecule has 1 saturated carbocycles. The fourth-order valence-corrected chi connectivity index (χ4v) is 3.64. The molecule has 18 heavy (non-hydrogen) atoms. The van der Waals surface area contributed by atoms with Gasteiger partial charge in [0, 0.05) is 13.2 Å². The summed E-state index contributed by atoms with van der Waals surface area (Å²) in [5, 5.41) is 3.19. The maximum absolute atomic E-state index is 12.1. The van der Waals surface area contributed by atoms with Crippen LogP contribution in [0.2, 0.25) is 0 Å². The van der Waals surface area contributed by atoms with Gasteiger partial charge in [0.2, 0.25) is 5.91 Å². The number of hydrogen-bond acceptors (Lipinski definition) is 3. The number of carbonyl (C=O) groups is 1. The lowest BCUT2D eigenvalue weighted by molar-refractivity contribution is -0.132. The molecule has 3 rings (SSSR count). The predicted molar refractivity (Wildman–Crippen MR) is 67.3 cm³/mol. The maximum atomic E-state index is 12.1. The molecule has 0 bridgehead atoms. The van der Waals surface area contributed by atoms with Crippen molar-refractivity contribution < 1.29 is 14.3 Å². The van der Waals surface area contributed by atoms with Gasteiger partial charge in [-0.15, -0.1) is 0 Å². The van der Waals surface area contributed by atoms with Crippen LogP contribution < -0.4 is 5.32 Å². The highest BCUT2D eigenvalue weighted by Gasteiger charge is 2.46. The van der Waals surface area contributed by atoms with Crippen LogP contribution in [0.5, 0.6) is 0 Å². The summed E-state index contributed by atoms with van der Waals surface area (Å²) in [4.78, 5) is 12.1. The molecule has 1 aliphatic carbocycles. The van der Waals surface area contributed by atoms with Crippen LogP contribution >= 0.6 is 0 Å². The van der Waals surface area contributed by atoms with E-state index in [4.69, 9.17) is 9.47 Å². The topological polar surface area (TPSA) is 47.6 Å². The Morgan fingerprint density at radius 2 is 1.89 bits per heavy atom. The molecule has 2 saturated heterocycles. The number of carbonyl (C=O) groups excluding carboxylic acids is 1. The van der Waals surface area contributed by atoms with Crippen molar-refractivity contribution in [3.8, 4) is 0 Å². The first-order valence-corrected chi connectivity index (χ1v) is 7.36. The number of ether oxygens (including phenoxy) is 2. The molecule has 1 amide bonds. The second-order valence-electron chi connectivity index (χ2n) is 5.83. The van der Waals surface area contributed by atoms with Gasteiger partial charge in [-0.1, -0.05) is 19.3 Å². The van der Waals surface area contributed by atoms with Crippen molar-refractivity contribution in [3.05, 3.63) is 0 Å². The molecule has 4 nitrogen and oxygen atoms in total. The van der Waals surface area contributed by atoms with Crippen molar-refractivity contribution in [2.45, 2.75) is 69.1 Å². The maximum Gasteiger partial charge on any atom is 0.249 e. The van der Waals surface area contributed by atoms with Crippen LogP contribution in [-0.2, 0) is 14.3 Å². The average Bonchev–Trinajstić information content (AvgIpc) is 3.02. The molecule has 0 aromatic rings. The molecule has 4 heteroatoms. The number of nitrogens with one attached hydrogen (secondary N) is 1. The number of hydrogen-bond donors (Lipinski definition) is 1. The van der Waals surface area contributed by atoms with Crippen LogP contribution in [0.4, 0.5) is 0 Å². The Morgan fingerprint density at radius 1 is 1.06 bits per heavy atom. The van der Waals surface area contributed by atoms with Crippen molar-refractivity contribution in [2.24, 2.45) is 0 Å². The Kier molecular flexibility index (Phi) is 3.57. The molecule has 3 aliphatic rings. The molecule has 2 atom stereocenters. The van der Waals surface area contributed by atoms with Crippen LogP contribution in [-0.4, -0.2) is 36.9 Å². The zero-order chi connectivity index (χ0) is 12.4. The summed E-state index contributed by atoms with van der Waals surface area (Å²) >= 11 is 0. The van der Waals surface area contributed by atoms with Gasteiger partial charge in [-0.25, -0.2) is 0 Å². The normalized spacial score (nSPS) is 34.9. The highest BCUT2D eigenvalue weighted by molar-refractivity contribution is 5.81. The van der Waals surface area contributed by atoms with Crippen molar-refractivity contribution in [3.63, 3.8) is 0 Å². The van der Waals surface area contributed by atoms with Crippen LogP contribution in [0.25, 0.3) is 0 Å². The summed E-state index contributed by atoms with van der Waals surface area (Å²) in [7, 11) is 0. The summed E-state index contributed by atoms with van der Waals surface area (Å²) in [5.74, 6) is 0.0768. The Morgan fingerprint density at radius 3 is 2.61 bits per heavy atom. The van der Waals surface area contributed by atoms with Gasteiger partial charge in [-0.05, 0) is 32.1 Å². The van der Waals surface area contributed by atoms with Gasteiger partial charge < -0.3 is 14.8 Å². The molecule has 2 aliphatic heterocycles. The van der Waals surface area contributed by atoms with Crippen LogP contribution in [0.3, 0.4) is 0 Å². The Balaban J connectivity index is 1.62. The SMILES string of the molecule is O=C(NC1CCOC12CCCCC2)[C@@H]1CCCO1. The van der Waals surface area contributed by atoms with E-state index in [9.17, 15) is 4.79 Å². The molecule has 102 valence electrons. The molecular formula is C14H23NO3. The quantitative estimate of drug-likeness (QED) is 0.816. The van der Waals surface area contributed by atoms with Crippen molar-refractivity contribution >= 4 is 5.91 Å². The second-order valence-corrected chi connectivity index (χ2v) is 5.83. The lowest BCUT2D eigenvalue weighted by atomic mass is 9.79. The van der Waals surface area contributed by atoms with Crippen molar-refractivity contribution in [2.75, 3.05) is 13.2 Å². The average molecular weight is 253 g/mol. The molecule has 0 aromatic carbocycles. The minimum Gasteiger partial charge on any atom is -0.373 e. The van der Waals surface area contributed by atoms with Crippen LogP contribution in [0.15, 0.2) is 0 Å². The van der Waals surface area contributed by atoms with Gasteiger partial charge in [0.1, 0.15) is 6.10 Å². The minimum absolute atomic E-state index is 0.0630. The van der Waals surface area contributed by atoms with E-state index in [1.807, 2.05) is 0 Å². The van der Waals surface area contributed by atoms with Gasteiger partial charge >= 0.3 is 0 Å². The largest absolute Gasteiger partial charge is 0.373 e. The lowest BCUT2D eigenvalue weighted by Crippen LogP contribution is -2.53. The summed E-state index contributed by atoms with van der Waals surface area (Å²) in [5.41, 5.74) is -0.0630. The lowest BCUT2D eigenvalue weighted by Gasteiger charge is -2.38. The first kappa shape index (κ1) is 12.4. The first-order valence-electron chi connectivity index (χ1n) is 7.36. The van der Waals surface area contributed by atoms with Crippen molar-refractivity contribution in [1.29, 1.82) is 0 Å². The van der Waals surface area contributed by atoms with Gasteiger partial charge in [-0.2, -0.15) is 0 Å². The van der Waals surface area contributed by atoms with Crippen LogP contribution in [0.1, 0.15) is 51.4 Å². The summed E-state index contributed by atoms with van der Waals surface area (Å²) < 4.78 is 11.4. The molecule has 0 aromatic heterocycles. The second kappa shape index (κ2) is 5.17. The molecule has 1 spiro atoms. The number of rotatable bonds is 2. The third-order valence-electron chi connectivity index (χ3n) is 4.67. The molecule has 1 unspecified atom stereocenters. The van der Waals surface area contributed by atoms with Crippen LogP contribution in [0, 0.1) is 0 Å². The Labute approximate surface area is 108 Å². The molecular weight excluding hydrogens is 230 g/mol. The zero-order valence-corrected chi connectivity index (χ0v) is 11.0. The van der Waals surface area contributed by atoms with E-state index in [2.05, 4.69) is 5.32 Å². The van der Waals surface area contributed by atoms with E-state index in [0.717, 1.165) is 45.3 Å². The van der Waals surface area contributed by atoms with Gasteiger partial charge in [0.25, 0.3) is 0 Å². The van der Waals surface area contributed by atoms with Crippen molar-refractivity contribution in [1.82, 2.24) is 5.32 Å². The fraction of sp³-hybridized carbons (Fsp3) is 0.929. The van der Waals surface area contributed by atoms with E-state index < -0.39 is 0 Å². The molecule has 1 N–H and O–H groups in total. The molecule has 0 radical (unpaired) electrons. The van der Waals surface area contributed by atoms with Gasteiger partial charge in [0.15, 0.2) is 0 Å². The van der Waals surface area contributed by atoms with E-state index in [1.54, 1.807) is 0 Å². The van der Waals surface area contributed by atoms with Gasteiger partial charge in [-0.3, -0.25) is 4.79 Å². The van der Waals surface area contributed by atoms with E-state index in [1.165, 1.54) is 19.3 Å². The standard InChI is InChI=1S/C14H23NO3/c16-13(11-5-4-9-17-11)15-12-6-10-18-14(12)7-2-1-3-8-14/h11-12H,1-10H2,(H,15,16)/t11-,12?/m0/s1. The molecule has 3 fully saturated rings. The third kappa shape index (κ3) is 2.28. The Bertz CT molecular complexity index is 306. The first-order chi connectivity index (χ1) is 8.80. The highest BCUT2D eigenvalue weighted by atomic mass is 16.5. The van der Waals surface area contributed by atoms with E-state index in [-0.39, 0.29) is 23.7 Å². The fourth-order valence-electron chi connectivity index (χ4n) is 3.64. The number of amides is 1. The highest BCUT2D eigenvalue weighted by Crippen LogP contribution is 2.39. The summed E-state index contributed by atoms with van der Waals surface area (Å²) in [6.07, 6.45) is 8.57. The van der Waals surface area contributed by atoms with Gasteiger partial charge in [0.05, 0.1) is 11.6 Å². The monoisotopic (exact) mass is 253 g/mol. The molecule has 2 heterocycles. The zero-order valence-electron chi connectivity index (χ0n) is 11.0. The summed E-state index contributed by atoms with van der Waals surface area (Å²) in [6, 6.07) is 0.203. The van der Waals surface area contributed by atoms with E-state index in [0.29, 0.717) is 0 Å². The Hall–Kier alpha value is -0.610. The smallest absolute Gasteiger partial charge is 0.249 e. The van der Waals surface area contributed by atoms with E-state index >= 15 is 0 Å². The predicted octanol–water partition coefficient (Wildman–Crippen LogP) is 1.77. The third-order valence-corrected chi connectivity index (χ3v) is 4.67.